The minimum absolute atomic E-state index is 0. The fourth-order valence-electron chi connectivity index (χ4n) is 2.74. The number of aromatic amines is 1. The first-order chi connectivity index (χ1) is 9.79. The van der Waals surface area contributed by atoms with Crippen LogP contribution in [0.4, 0.5) is 0 Å². The molecule has 114 valence electrons. The van der Waals surface area contributed by atoms with Crippen molar-refractivity contribution in [2.75, 3.05) is 20.2 Å². The highest BCUT2D eigenvalue weighted by molar-refractivity contribution is 7.71. The van der Waals surface area contributed by atoms with Crippen LogP contribution in [0.5, 0.6) is 5.75 Å². The van der Waals surface area contributed by atoms with Gasteiger partial charge < -0.3 is 19.6 Å². The van der Waals surface area contributed by atoms with Gasteiger partial charge in [0.2, 0.25) is 0 Å². The highest BCUT2D eigenvalue weighted by atomic mass is 35.5. The summed E-state index contributed by atoms with van der Waals surface area (Å²) in [7, 11) is 1.96. The van der Waals surface area contributed by atoms with Crippen LogP contribution in [0.2, 0.25) is 0 Å². The molecule has 0 saturated heterocycles. The summed E-state index contributed by atoms with van der Waals surface area (Å²) < 4.78 is 8.87. The number of fused-ring (bicyclic) bond motifs is 1. The van der Waals surface area contributed by atoms with Crippen molar-refractivity contribution >= 4 is 24.6 Å². The van der Waals surface area contributed by atoms with Crippen LogP contribution in [0, 0.1) is 4.77 Å². The molecule has 1 aromatic heterocycles. The van der Waals surface area contributed by atoms with Gasteiger partial charge in [0.25, 0.3) is 0 Å². The second-order valence-corrected chi connectivity index (χ2v) is 5.47. The molecule has 0 saturated carbocycles. The number of benzene rings is 1. The predicted octanol–water partition coefficient (Wildman–Crippen LogP) is 2.91. The molecule has 0 amide bonds. The Labute approximate surface area is 135 Å². The number of halogens is 1. The Hall–Kier alpha value is -1.30. The Balaban J connectivity index is 0.00000161. The molecule has 4 nitrogen and oxygen atoms in total. The number of para-hydroxylation sites is 1. The summed E-state index contributed by atoms with van der Waals surface area (Å²) in [6.45, 7) is 1.62. The molecule has 3 rings (SSSR count). The molecule has 21 heavy (non-hydrogen) atoms. The first-order valence-corrected chi connectivity index (χ1v) is 7.34. The van der Waals surface area contributed by atoms with Gasteiger partial charge in [-0.1, -0.05) is 18.2 Å². The molecule has 0 radical (unpaired) electrons. The minimum Gasteiger partial charge on any atom is -0.491 e. The molecule has 1 aliphatic rings. The Kier molecular flexibility index (Phi) is 5.45. The third-order valence-corrected chi connectivity index (χ3v) is 4.06. The van der Waals surface area contributed by atoms with Crippen molar-refractivity contribution in [3.05, 3.63) is 46.5 Å². The summed E-state index contributed by atoms with van der Waals surface area (Å²) in [5, 5.41) is 3.18. The third-order valence-electron chi connectivity index (χ3n) is 3.75. The standard InChI is InChI=1S/C15H19N3OS.ClH/c1-16-7-6-12-9-17-15(20)18(12)13-8-11-4-2-3-5-14(11)19-10-13;/h2-5,9,13,16H,6-8,10H2,1H3,(H,17,20);1H/t13-;/m0./s1. The van der Waals surface area contributed by atoms with E-state index < -0.39 is 0 Å². The molecule has 1 atom stereocenters. The zero-order valence-corrected chi connectivity index (χ0v) is 13.6. The molecule has 0 spiro atoms. The largest absolute Gasteiger partial charge is 0.491 e. The number of rotatable bonds is 4. The van der Waals surface area contributed by atoms with Gasteiger partial charge in [-0.3, -0.25) is 0 Å². The van der Waals surface area contributed by atoms with E-state index in [9.17, 15) is 0 Å². The van der Waals surface area contributed by atoms with Crippen LogP contribution >= 0.6 is 24.6 Å². The van der Waals surface area contributed by atoms with Crippen molar-refractivity contribution in [1.82, 2.24) is 14.9 Å². The van der Waals surface area contributed by atoms with E-state index in [-0.39, 0.29) is 18.4 Å². The normalized spacial score (nSPS) is 16.7. The number of nitrogens with zero attached hydrogens (tertiary/aromatic N) is 1. The number of likely N-dealkylation sites (N-methyl/N-ethyl adjacent to an activating group) is 1. The van der Waals surface area contributed by atoms with Crippen molar-refractivity contribution in [2.24, 2.45) is 0 Å². The number of hydrogen-bond acceptors (Lipinski definition) is 3. The van der Waals surface area contributed by atoms with Crippen LogP contribution in [0.25, 0.3) is 0 Å². The van der Waals surface area contributed by atoms with Gasteiger partial charge in [0.05, 0.1) is 6.04 Å². The van der Waals surface area contributed by atoms with E-state index in [0.29, 0.717) is 6.61 Å². The van der Waals surface area contributed by atoms with Crippen molar-refractivity contribution in [2.45, 2.75) is 18.9 Å². The lowest BCUT2D eigenvalue weighted by Gasteiger charge is -2.27. The van der Waals surface area contributed by atoms with Crippen molar-refractivity contribution in [1.29, 1.82) is 0 Å². The molecule has 2 heterocycles. The first-order valence-electron chi connectivity index (χ1n) is 6.93. The van der Waals surface area contributed by atoms with Crippen LogP contribution < -0.4 is 10.1 Å². The first kappa shape index (κ1) is 16.1. The van der Waals surface area contributed by atoms with Crippen LogP contribution in [0.3, 0.4) is 0 Å². The Bertz CT molecular complexity index is 652. The van der Waals surface area contributed by atoms with Crippen LogP contribution in [-0.2, 0) is 12.8 Å². The van der Waals surface area contributed by atoms with E-state index in [1.54, 1.807) is 0 Å². The van der Waals surface area contributed by atoms with Crippen LogP contribution in [-0.4, -0.2) is 29.8 Å². The highest BCUT2D eigenvalue weighted by Crippen LogP contribution is 2.30. The molecule has 0 aliphatic carbocycles. The van der Waals surface area contributed by atoms with Gasteiger partial charge in [0.1, 0.15) is 12.4 Å². The summed E-state index contributed by atoms with van der Waals surface area (Å²) in [4.78, 5) is 3.16. The van der Waals surface area contributed by atoms with E-state index in [0.717, 1.165) is 29.9 Å². The lowest BCUT2D eigenvalue weighted by atomic mass is 10.0. The quantitative estimate of drug-likeness (QED) is 0.849. The minimum atomic E-state index is 0. The van der Waals surface area contributed by atoms with Gasteiger partial charge in [-0.2, -0.15) is 0 Å². The fraction of sp³-hybridized carbons (Fsp3) is 0.400. The van der Waals surface area contributed by atoms with E-state index in [2.05, 4.69) is 27.0 Å². The van der Waals surface area contributed by atoms with Crippen LogP contribution in [0.15, 0.2) is 30.5 Å². The van der Waals surface area contributed by atoms with Crippen molar-refractivity contribution in [3.63, 3.8) is 0 Å². The molecule has 1 aliphatic heterocycles. The van der Waals surface area contributed by atoms with Crippen molar-refractivity contribution < 1.29 is 4.74 Å². The average Bonchev–Trinajstić information content (AvgIpc) is 2.85. The Morgan fingerprint density at radius 2 is 2.24 bits per heavy atom. The van der Waals surface area contributed by atoms with Gasteiger partial charge in [-0.15, -0.1) is 12.4 Å². The summed E-state index contributed by atoms with van der Waals surface area (Å²) in [5.74, 6) is 1.00. The van der Waals surface area contributed by atoms with Gasteiger partial charge in [0.15, 0.2) is 4.77 Å². The number of H-pyrrole nitrogens is 1. The maximum absolute atomic E-state index is 5.88. The van der Waals surface area contributed by atoms with Gasteiger partial charge in [0, 0.05) is 31.3 Å². The molecule has 2 aromatic rings. The summed E-state index contributed by atoms with van der Waals surface area (Å²) >= 11 is 5.43. The molecular formula is C15H20ClN3OS. The lowest BCUT2D eigenvalue weighted by molar-refractivity contribution is 0.220. The van der Waals surface area contributed by atoms with Gasteiger partial charge in [-0.05, 0) is 30.9 Å². The molecule has 2 N–H and O–H groups in total. The van der Waals surface area contributed by atoms with Crippen molar-refractivity contribution in [3.8, 4) is 5.75 Å². The topological polar surface area (TPSA) is 42.0 Å². The Morgan fingerprint density at radius 1 is 1.43 bits per heavy atom. The van der Waals surface area contributed by atoms with E-state index in [1.165, 1.54) is 11.3 Å². The molecule has 0 fully saturated rings. The maximum Gasteiger partial charge on any atom is 0.177 e. The molecule has 6 heteroatoms. The molecule has 1 aromatic carbocycles. The lowest BCUT2D eigenvalue weighted by Crippen LogP contribution is -2.26. The zero-order chi connectivity index (χ0) is 13.9. The third kappa shape index (κ3) is 3.31. The number of hydrogen-bond donors (Lipinski definition) is 2. The zero-order valence-electron chi connectivity index (χ0n) is 12.0. The second-order valence-electron chi connectivity index (χ2n) is 5.09. The van der Waals surface area contributed by atoms with E-state index >= 15 is 0 Å². The Morgan fingerprint density at radius 3 is 3.05 bits per heavy atom. The second kappa shape index (κ2) is 7.11. The smallest absolute Gasteiger partial charge is 0.177 e. The number of imidazole rings is 1. The number of aromatic nitrogens is 2. The average molecular weight is 326 g/mol. The van der Waals surface area contributed by atoms with Crippen LogP contribution in [0.1, 0.15) is 17.3 Å². The highest BCUT2D eigenvalue weighted by Gasteiger charge is 2.23. The monoisotopic (exact) mass is 325 g/mol. The van der Waals surface area contributed by atoms with Gasteiger partial charge in [-0.25, -0.2) is 0 Å². The maximum atomic E-state index is 5.88. The van der Waals surface area contributed by atoms with E-state index in [1.807, 2.05) is 25.4 Å². The summed E-state index contributed by atoms with van der Waals surface area (Å²) in [6, 6.07) is 8.51. The predicted molar refractivity (Wildman–Crippen MR) is 89.2 cm³/mol. The number of nitrogens with one attached hydrogen (secondary N) is 2. The SMILES string of the molecule is CNCCc1c[nH]c(=S)n1[C@@H]1COc2ccccc2C1.Cl. The summed E-state index contributed by atoms with van der Waals surface area (Å²) in [6.07, 6.45) is 3.94. The fourth-order valence-corrected chi connectivity index (χ4v) is 3.06. The number of ether oxygens (including phenoxy) is 1. The molecule has 0 bridgehead atoms. The summed E-state index contributed by atoms with van der Waals surface area (Å²) in [5.41, 5.74) is 2.49. The van der Waals surface area contributed by atoms with E-state index in [4.69, 9.17) is 17.0 Å². The molecule has 0 unspecified atom stereocenters. The molecular weight excluding hydrogens is 306 g/mol. The van der Waals surface area contributed by atoms with Gasteiger partial charge >= 0.3 is 0 Å².